The average Bonchev–Trinajstić information content (AvgIpc) is 2.69. The lowest BCUT2D eigenvalue weighted by Gasteiger charge is -2.33. The van der Waals surface area contributed by atoms with Crippen LogP contribution in [0.1, 0.15) is 17.4 Å². The number of halogens is 1. The molecule has 0 saturated carbocycles. The minimum atomic E-state index is -0.290. The van der Waals surface area contributed by atoms with Crippen LogP contribution in [0, 0.1) is 5.82 Å². The Labute approximate surface area is 151 Å². The first-order valence-electron chi connectivity index (χ1n) is 8.59. The molecular formula is C20H19FN4O. The van der Waals surface area contributed by atoms with E-state index in [9.17, 15) is 4.39 Å². The second-order valence-electron chi connectivity index (χ2n) is 6.26. The number of benzene rings is 1. The molecule has 132 valence electrons. The second-order valence-corrected chi connectivity index (χ2v) is 6.26. The first-order chi connectivity index (χ1) is 12.8. The molecule has 0 aliphatic carbocycles. The van der Waals surface area contributed by atoms with E-state index in [0.717, 1.165) is 24.3 Å². The normalized spacial score (nSPS) is 18.0. The third-order valence-corrected chi connectivity index (χ3v) is 4.41. The van der Waals surface area contributed by atoms with Gasteiger partial charge in [0, 0.05) is 50.0 Å². The van der Waals surface area contributed by atoms with Crippen LogP contribution in [0.25, 0.3) is 11.3 Å². The monoisotopic (exact) mass is 350 g/mol. The molecule has 1 aromatic carbocycles. The summed E-state index contributed by atoms with van der Waals surface area (Å²) in [6.45, 7) is 2.98. The van der Waals surface area contributed by atoms with Crippen molar-refractivity contribution in [2.24, 2.45) is 0 Å². The van der Waals surface area contributed by atoms with Crippen molar-refractivity contribution in [3.05, 3.63) is 78.3 Å². The molecule has 5 nitrogen and oxygen atoms in total. The van der Waals surface area contributed by atoms with Crippen molar-refractivity contribution >= 4 is 0 Å². The largest absolute Gasteiger partial charge is 0.369 e. The summed E-state index contributed by atoms with van der Waals surface area (Å²) in [4.78, 5) is 15.4. The number of hydrogen-bond donors (Lipinski definition) is 0. The van der Waals surface area contributed by atoms with Crippen LogP contribution in [-0.4, -0.2) is 39.5 Å². The van der Waals surface area contributed by atoms with Gasteiger partial charge in [-0.05, 0) is 23.8 Å². The Morgan fingerprint density at radius 1 is 1.12 bits per heavy atom. The third-order valence-electron chi connectivity index (χ3n) is 4.41. The fourth-order valence-electron chi connectivity index (χ4n) is 3.20. The molecule has 3 aromatic rings. The van der Waals surface area contributed by atoms with Crippen LogP contribution >= 0.6 is 0 Å². The standard InChI is InChI=1S/C20H19FN4O/c21-17-5-1-4-16(11-17)19-20(24-8-7-23-19)18-14-25(9-10-26-18)13-15-3-2-6-22-12-15/h1-8,11-12,18H,9-10,13-14H2/t18-/m0/s1. The summed E-state index contributed by atoms with van der Waals surface area (Å²) in [5.74, 6) is -0.290. The maximum Gasteiger partial charge on any atom is 0.123 e. The highest BCUT2D eigenvalue weighted by atomic mass is 19.1. The van der Waals surface area contributed by atoms with E-state index in [1.165, 1.54) is 12.1 Å². The van der Waals surface area contributed by atoms with Crippen LogP contribution in [0.5, 0.6) is 0 Å². The zero-order valence-corrected chi connectivity index (χ0v) is 14.3. The summed E-state index contributed by atoms with van der Waals surface area (Å²) in [5, 5.41) is 0. The molecule has 0 N–H and O–H groups in total. The van der Waals surface area contributed by atoms with Gasteiger partial charge in [0.05, 0.1) is 18.0 Å². The van der Waals surface area contributed by atoms with Crippen LogP contribution in [0.4, 0.5) is 4.39 Å². The molecule has 0 unspecified atom stereocenters. The second kappa shape index (κ2) is 7.68. The van der Waals surface area contributed by atoms with Gasteiger partial charge in [-0.1, -0.05) is 18.2 Å². The number of morpholine rings is 1. The van der Waals surface area contributed by atoms with E-state index >= 15 is 0 Å². The van der Waals surface area contributed by atoms with E-state index in [4.69, 9.17) is 4.74 Å². The maximum atomic E-state index is 13.6. The summed E-state index contributed by atoms with van der Waals surface area (Å²) in [7, 11) is 0. The minimum absolute atomic E-state index is 0.201. The lowest BCUT2D eigenvalue weighted by atomic mass is 10.0. The van der Waals surface area contributed by atoms with E-state index < -0.39 is 0 Å². The molecule has 1 aliphatic heterocycles. The predicted molar refractivity (Wildman–Crippen MR) is 95.6 cm³/mol. The zero-order chi connectivity index (χ0) is 17.8. The van der Waals surface area contributed by atoms with Gasteiger partial charge in [-0.15, -0.1) is 0 Å². The van der Waals surface area contributed by atoms with Crippen molar-refractivity contribution in [1.82, 2.24) is 19.9 Å². The molecule has 0 bridgehead atoms. The van der Waals surface area contributed by atoms with Crippen LogP contribution in [0.2, 0.25) is 0 Å². The van der Waals surface area contributed by atoms with Crippen LogP contribution in [0.15, 0.2) is 61.2 Å². The molecule has 0 amide bonds. The molecule has 1 fully saturated rings. The van der Waals surface area contributed by atoms with Gasteiger partial charge < -0.3 is 4.74 Å². The number of ether oxygens (including phenoxy) is 1. The average molecular weight is 350 g/mol. The maximum absolute atomic E-state index is 13.6. The van der Waals surface area contributed by atoms with Gasteiger partial charge in [-0.2, -0.15) is 0 Å². The number of nitrogens with zero attached hydrogens (tertiary/aromatic N) is 4. The van der Waals surface area contributed by atoms with Gasteiger partial charge in [-0.25, -0.2) is 4.39 Å². The molecule has 3 heterocycles. The highest BCUT2D eigenvalue weighted by Gasteiger charge is 2.26. The first-order valence-corrected chi connectivity index (χ1v) is 8.59. The number of hydrogen-bond acceptors (Lipinski definition) is 5. The summed E-state index contributed by atoms with van der Waals surface area (Å²) in [6.07, 6.45) is 6.73. The number of aromatic nitrogens is 3. The Bertz CT molecular complexity index is 874. The Morgan fingerprint density at radius 2 is 2.04 bits per heavy atom. The highest BCUT2D eigenvalue weighted by Crippen LogP contribution is 2.29. The molecule has 1 saturated heterocycles. The minimum Gasteiger partial charge on any atom is -0.369 e. The van der Waals surface area contributed by atoms with Crippen molar-refractivity contribution in [2.45, 2.75) is 12.6 Å². The van der Waals surface area contributed by atoms with Crippen LogP contribution < -0.4 is 0 Å². The number of pyridine rings is 1. The molecule has 2 aromatic heterocycles. The lowest BCUT2D eigenvalue weighted by molar-refractivity contribution is -0.0348. The van der Waals surface area contributed by atoms with Crippen LogP contribution in [0.3, 0.4) is 0 Å². The molecule has 26 heavy (non-hydrogen) atoms. The molecule has 0 spiro atoms. The van der Waals surface area contributed by atoms with E-state index in [0.29, 0.717) is 24.4 Å². The van der Waals surface area contributed by atoms with Gasteiger partial charge in [0.25, 0.3) is 0 Å². The topological polar surface area (TPSA) is 51.1 Å². The van der Waals surface area contributed by atoms with Crippen molar-refractivity contribution < 1.29 is 9.13 Å². The molecule has 1 aliphatic rings. The lowest BCUT2D eigenvalue weighted by Crippen LogP contribution is -2.38. The number of rotatable bonds is 4. The fraction of sp³-hybridized carbons (Fsp3) is 0.250. The van der Waals surface area contributed by atoms with E-state index in [1.807, 2.05) is 18.3 Å². The summed E-state index contributed by atoms with van der Waals surface area (Å²) in [5.41, 5.74) is 3.29. The Kier molecular flexibility index (Phi) is 4.95. The summed E-state index contributed by atoms with van der Waals surface area (Å²) >= 11 is 0. The highest BCUT2D eigenvalue weighted by molar-refractivity contribution is 5.61. The smallest absolute Gasteiger partial charge is 0.123 e. The predicted octanol–water partition coefficient (Wildman–Crippen LogP) is 3.25. The Balaban J connectivity index is 1.57. The van der Waals surface area contributed by atoms with Gasteiger partial charge in [0.2, 0.25) is 0 Å². The van der Waals surface area contributed by atoms with Gasteiger partial charge in [-0.3, -0.25) is 19.9 Å². The zero-order valence-electron chi connectivity index (χ0n) is 14.3. The first kappa shape index (κ1) is 16.8. The molecular weight excluding hydrogens is 331 g/mol. The fourth-order valence-corrected chi connectivity index (χ4v) is 3.20. The van der Waals surface area contributed by atoms with Gasteiger partial charge in [0.1, 0.15) is 11.9 Å². The van der Waals surface area contributed by atoms with Crippen molar-refractivity contribution in [1.29, 1.82) is 0 Å². The van der Waals surface area contributed by atoms with Gasteiger partial charge >= 0.3 is 0 Å². The molecule has 1 atom stereocenters. The Hall–Kier alpha value is -2.70. The Morgan fingerprint density at radius 3 is 2.88 bits per heavy atom. The van der Waals surface area contributed by atoms with E-state index in [1.54, 1.807) is 24.7 Å². The van der Waals surface area contributed by atoms with Crippen molar-refractivity contribution in [3.63, 3.8) is 0 Å². The van der Waals surface area contributed by atoms with E-state index in [-0.39, 0.29) is 11.9 Å². The van der Waals surface area contributed by atoms with Gasteiger partial charge in [0.15, 0.2) is 0 Å². The van der Waals surface area contributed by atoms with E-state index in [2.05, 4.69) is 25.9 Å². The van der Waals surface area contributed by atoms with Crippen molar-refractivity contribution in [2.75, 3.05) is 19.7 Å². The van der Waals surface area contributed by atoms with Crippen molar-refractivity contribution in [3.8, 4) is 11.3 Å². The third kappa shape index (κ3) is 3.76. The summed E-state index contributed by atoms with van der Waals surface area (Å²) < 4.78 is 19.6. The molecule has 0 radical (unpaired) electrons. The summed E-state index contributed by atoms with van der Waals surface area (Å²) in [6, 6.07) is 10.4. The molecule has 6 heteroatoms. The van der Waals surface area contributed by atoms with Crippen LogP contribution in [-0.2, 0) is 11.3 Å². The SMILES string of the molecule is Fc1cccc(-c2nccnc2[C@@H]2CN(Cc3cccnc3)CCO2)c1. The quantitative estimate of drug-likeness (QED) is 0.723. The molecule has 4 rings (SSSR count).